The molecule has 0 saturated heterocycles. The highest BCUT2D eigenvalue weighted by Gasteiger charge is 2.09. The second-order valence-electron chi connectivity index (χ2n) is 6.35. The van der Waals surface area contributed by atoms with Crippen LogP contribution in [0.4, 0.5) is 0 Å². The molecule has 6 nitrogen and oxygen atoms in total. The maximum absolute atomic E-state index is 12.3. The summed E-state index contributed by atoms with van der Waals surface area (Å²) < 4.78 is 0. The Hall–Kier alpha value is -2.89. The van der Waals surface area contributed by atoms with Gasteiger partial charge in [-0.3, -0.25) is 9.78 Å². The van der Waals surface area contributed by atoms with Crippen molar-refractivity contribution in [2.45, 2.75) is 46.3 Å². The zero-order valence-corrected chi connectivity index (χ0v) is 16.3. The highest BCUT2D eigenvalue weighted by Crippen LogP contribution is 2.07. The molecule has 144 valence electrons. The zero-order valence-electron chi connectivity index (χ0n) is 16.3. The molecule has 3 N–H and O–H groups in total. The van der Waals surface area contributed by atoms with E-state index in [4.69, 9.17) is 0 Å². The molecule has 0 aliphatic rings. The summed E-state index contributed by atoms with van der Waals surface area (Å²) in [5.41, 5.74) is 2.60. The van der Waals surface area contributed by atoms with E-state index in [2.05, 4.69) is 32.9 Å². The first-order valence-electron chi connectivity index (χ1n) is 9.44. The maximum atomic E-state index is 12.3. The molecule has 0 saturated carbocycles. The molecule has 0 aliphatic heterocycles. The Kier molecular flexibility index (Phi) is 8.29. The number of carbonyl (C=O) groups is 1. The third-order valence-electron chi connectivity index (χ3n) is 4.11. The van der Waals surface area contributed by atoms with Gasteiger partial charge in [0, 0.05) is 24.3 Å². The average molecular weight is 367 g/mol. The molecule has 1 aromatic carbocycles. The summed E-state index contributed by atoms with van der Waals surface area (Å²) in [7, 11) is 0. The first kappa shape index (κ1) is 20.4. The zero-order chi connectivity index (χ0) is 19.5. The number of rotatable bonds is 8. The van der Waals surface area contributed by atoms with E-state index in [1.54, 1.807) is 6.20 Å². The monoisotopic (exact) mass is 367 g/mol. The van der Waals surface area contributed by atoms with E-state index in [-0.39, 0.29) is 11.9 Å². The number of benzene rings is 1. The molecule has 1 atom stereocenters. The lowest BCUT2D eigenvalue weighted by Crippen LogP contribution is -2.37. The van der Waals surface area contributed by atoms with E-state index in [9.17, 15) is 4.79 Å². The first-order valence-corrected chi connectivity index (χ1v) is 9.44. The van der Waals surface area contributed by atoms with Gasteiger partial charge in [-0.25, -0.2) is 4.99 Å². The highest BCUT2D eigenvalue weighted by molar-refractivity contribution is 5.94. The van der Waals surface area contributed by atoms with Crippen LogP contribution in [0.15, 0.2) is 53.7 Å². The fourth-order valence-corrected chi connectivity index (χ4v) is 2.41. The van der Waals surface area contributed by atoms with Crippen LogP contribution < -0.4 is 16.0 Å². The summed E-state index contributed by atoms with van der Waals surface area (Å²) in [5, 5.41) is 9.49. The van der Waals surface area contributed by atoms with Gasteiger partial charge in [-0.1, -0.05) is 25.1 Å². The van der Waals surface area contributed by atoms with Crippen LogP contribution in [-0.4, -0.2) is 29.4 Å². The first-order chi connectivity index (χ1) is 13.1. The van der Waals surface area contributed by atoms with Crippen molar-refractivity contribution in [1.29, 1.82) is 0 Å². The molecule has 0 bridgehead atoms. The third-order valence-corrected chi connectivity index (χ3v) is 4.11. The number of hydrogen-bond acceptors (Lipinski definition) is 3. The molecule has 1 heterocycles. The van der Waals surface area contributed by atoms with Crippen molar-refractivity contribution >= 4 is 11.9 Å². The smallest absolute Gasteiger partial charge is 0.251 e. The second kappa shape index (κ2) is 11.0. The lowest BCUT2D eigenvalue weighted by atomic mass is 10.1. The number of carbonyl (C=O) groups excluding carboxylic acids is 1. The van der Waals surface area contributed by atoms with E-state index in [1.807, 2.05) is 56.3 Å². The fourth-order valence-electron chi connectivity index (χ4n) is 2.41. The van der Waals surface area contributed by atoms with Crippen LogP contribution in [0.2, 0.25) is 0 Å². The van der Waals surface area contributed by atoms with E-state index in [0.717, 1.165) is 30.2 Å². The Morgan fingerprint density at radius 3 is 2.70 bits per heavy atom. The molecule has 2 aromatic rings. The predicted molar refractivity (Wildman–Crippen MR) is 110 cm³/mol. The molecular weight excluding hydrogens is 338 g/mol. The second-order valence-corrected chi connectivity index (χ2v) is 6.35. The van der Waals surface area contributed by atoms with Gasteiger partial charge in [0.1, 0.15) is 0 Å². The Balaban J connectivity index is 2.00. The normalized spacial score (nSPS) is 12.3. The Bertz CT molecular complexity index is 745. The van der Waals surface area contributed by atoms with Crippen molar-refractivity contribution in [1.82, 2.24) is 20.9 Å². The highest BCUT2D eigenvalue weighted by atomic mass is 16.1. The Morgan fingerprint density at radius 1 is 1.15 bits per heavy atom. The van der Waals surface area contributed by atoms with Gasteiger partial charge in [0.15, 0.2) is 5.96 Å². The van der Waals surface area contributed by atoms with Gasteiger partial charge in [0.25, 0.3) is 5.91 Å². The molecule has 2 rings (SSSR count). The van der Waals surface area contributed by atoms with Gasteiger partial charge < -0.3 is 16.0 Å². The van der Waals surface area contributed by atoms with Crippen LogP contribution in [0.5, 0.6) is 0 Å². The van der Waals surface area contributed by atoms with E-state index in [1.165, 1.54) is 0 Å². The van der Waals surface area contributed by atoms with Crippen LogP contribution in [0.3, 0.4) is 0 Å². The van der Waals surface area contributed by atoms with Crippen LogP contribution >= 0.6 is 0 Å². The largest absolute Gasteiger partial charge is 0.357 e. The average Bonchev–Trinajstić information content (AvgIpc) is 2.71. The summed E-state index contributed by atoms with van der Waals surface area (Å²) in [6.45, 7) is 7.94. The number of aliphatic imine (C=N–C) groups is 1. The fraction of sp³-hybridized carbons (Fsp3) is 0.381. The third kappa shape index (κ3) is 7.09. The molecule has 0 fully saturated rings. The lowest BCUT2D eigenvalue weighted by Gasteiger charge is -2.12. The summed E-state index contributed by atoms with van der Waals surface area (Å²) in [6, 6.07) is 13.6. The summed E-state index contributed by atoms with van der Waals surface area (Å²) in [6.07, 6.45) is 2.68. The molecule has 6 heteroatoms. The van der Waals surface area contributed by atoms with Gasteiger partial charge in [0.2, 0.25) is 0 Å². The van der Waals surface area contributed by atoms with Gasteiger partial charge in [-0.15, -0.1) is 0 Å². The number of aromatic nitrogens is 1. The Labute approximate surface area is 161 Å². The van der Waals surface area contributed by atoms with Crippen molar-refractivity contribution in [2.24, 2.45) is 4.99 Å². The topological polar surface area (TPSA) is 78.4 Å². The number of guanidine groups is 1. The van der Waals surface area contributed by atoms with Crippen molar-refractivity contribution in [3.8, 4) is 0 Å². The van der Waals surface area contributed by atoms with Crippen molar-refractivity contribution < 1.29 is 4.79 Å². The molecule has 27 heavy (non-hydrogen) atoms. The van der Waals surface area contributed by atoms with Crippen LogP contribution in [0.1, 0.15) is 48.8 Å². The van der Waals surface area contributed by atoms with Crippen molar-refractivity contribution in [2.75, 3.05) is 6.54 Å². The number of nitrogens with zero attached hydrogens (tertiary/aromatic N) is 2. The predicted octanol–water partition coefficient (Wildman–Crippen LogP) is 2.87. The van der Waals surface area contributed by atoms with E-state index >= 15 is 0 Å². The minimum absolute atomic E-state index is 0.0460. The molecular formula is C21H29N5O. The Morgan fingerprint density at radius 2 is 2.00 bits per heavy atom. The lowest BCUT2D eigenvalue weighted by molar-refractivity contribution is 0.0939. The van der Waals surface area contributed by atoms with Crippen LogP contribution in [0, 0.1) is 0 Å². The molecule has 1 amide bonds. The quantitative estimate of drug-likeness (QED) is 0.495. The number of amides is 1. The number of pyridine rings is 1. The van der Waals surface area contributed by atoms with Crippen LogP contribution in [0.25, 0.3) is 0 Å². The van der Waals surface area contributed by atoms with E-state index in [0.29, 0.717) is 18.7 Å². The van der Waals surface area contributed by atoms with Gasteiger partial charge in [-0.2, -0.15) is 0 Å². The number of nitrogens with one attached hydrogen (secondary N) is 3. The standard InChI is InChI=1S/C21H29N5O/c1-4-16(3)26-20(27)18-10-8-9-17(13-18)14-24-21(22-5-2)25-15-19-11-6-7-12-23-19/h6-13,16H,4-5,14-15H2,1-3H3,(H,26,27)(H2,22,24,25). The molecule has 1 unspecified atom stereocenters. The van der Waals surface area contributed by atoms with E-state index < -0.39 is 0 Å². The summed E-state index contributed by atoms with van der Waals surface area (Å²) in [5.74, 6) is 0.674. The van der Waals surface area contributed by atoms with Gasteiger partial charge >= 0.3 is 0 Å². The number of hydrogen-bond donors (Lipinski definition) is 3. The van der Waals surface area contributed by atoms with Gasteiger partial charge in [0.05, 0.1) is 18.8 Å². The summed E-state index contributed by atoms with van der Waals surface area (Å²) in [4.78, 5) is 21.2. The molecule has 0 aliphatic carbocycles. The molecule has 1 aromatic heterocycles. The molecule has 0 spiro atoms. The van der Waals surface area contributed by atoms with Crippen molar-refractivity contribution in [3.63, 3.8) is 0 Å². The van der Waals surface area contributed by atoms with Crippen LogP contribution in [-0.2, 0) is 13.1 Å². The SMILES string of the molecule is CCNC(=NCc1cccc(C(=O)NC(C)CC)c1)NCc1ccccn1. The minimum atomic E-state index is -0.0460. The molecule has 0 radical (unpaired) electrons. The minimum Gasteiger partial charge on any atom is -0.357 e. The summed E-state index contributed by atoms with van der Waals surface area (Å²) >= 11 is 0. The van der Waals surface area contributed by atoms with Crippen molar-refractivity contribution in [3.05, 3.63) is 65.5 Å². The van der Waals surface area contributed by atoms with Gasteiger partial charge in [-0.05, 0) is 50.1 Å². The maximum Gasteiger partial charge on any atom is 0.251 e.